The van der Waals surface area contributed by atoms with E-state index in [1.54, 1.807) is 0 Å². The fraction of sp³-hybridized carbons (Fsp3) is 0.611. The van der Waals surface area contributed by atoms with Gasteiger partial charge in [-0.3, -0.25) is 4.79 Å². The van der Waals surface area contributed by atoms with Crippen LogP contribution in [0.2, 0.25) is 0 Å². The molecule has 1 aliphatic rings. The molecule has 21 heavy (non-hydrogen) atoms. The Balaban J connectivity index is 2.18. The topological polar surface area (TPSA) is 33.5 Å². The summed E-state index contributed by atoms with van der Waals surface area (Å²) in [5, 5.41) is 3.21. The molecule has 1 aromatic rings. The van der Waals surface area contributed by atoms with Gasteiger partial charge in [0.1, 0.15) is 0 Å². The van der Waals surface area contributed by atoms with Crippen molar-refractivity contribution >= 4 is 11.6 Å². The van der Waals surface area contributed by atoms with Crippen LogP contribution in [0, 0.1) is 0 Å². The van der Waals surface area contributed by atoms with Crippen molar-refractivity contribution in [3.8, 4) is 0 Å². The van der Waals surface area contributed by atoms with Gasteiger partial charge in [-0.25, -0.2) is 0 Å². The molecular weight excluding hydrogens is 260 g/mol. The molecule has 1 fully saturated rings. The Kier molecular flexibility index (Phi) is 5.40. The lowest BCUT2D eigenvalue weighted by molar-refractivity contribution is -0.878. The highest BCUT2D eigenvalue weighted by molar-refractivity contribution is 5.93. The second-order valence-corrected chi connectivity index (χ2v) is 6.80. The highest BCUT2D eigenvalue weighted by atomic mass is 16.2. The van der Waals surface area contributed by atoms with Crippen molar-refractivity contribution in [1.29, 1.82) is 0 Å². The standard InChI is InChI=1S/C18H28N2O/c1-13(2)15-8-7-9-16(14(3)4)18(15)19-17(21)12-20-10-5-6-11-20/h7-9,13-14H,5-6,10-12H2,1-4H3,(H,19,21)/p+1. The van der Waals surface area contributed by atoms with Gasteiger partial charge in [0.05, 0.1) is 13.1 Å². The lowest BCUT2D eigenvalue weighted by Gasteiger charge is -2.20. The van der Waals surface area contributed by atoms with E-state index in [1.807, 2.05) is 0 Å². The fourth-order valence-corrected chi connectivity index (χ4v) is 3.16. The van der Waals surface area contributed by atoms with Gasteiger partial charge >= 0.3 is 0 Å². The van der Waals surface area contributed by atoms with E-state index in [4.69, 9.17) is 0 Å². The Morgan fingerprint density at radius 1 is 1.10 bits per heavy atom. The van der Waals surface area contributed by atoms with Crippen molar-refractivity contribution < 1.29 is 9.69 Å². The normalized spacial score (nSPS) is 15.9. The molecule has 0 bridgehead atoms. The van der Waals surface area contributed by atoms with E-state index in [2.05, 4.69) is 51.2 Å². The van der Waals surface area contributed by atoms with Crippen LogP contribution in [0.15, 0.2) is 18.2 Å². The zero-order chi connectivity index (χ0) is 15.4. The van der Waals surface area contributed by atoms with E-state index in [0.29, 0.717) is 18.4 Å². The Morgan fingerprint density at radius 2 is 1.62 bits per heavy atom. The predicted molar refractivity (Wildman–Crippen MR) is 88.0 cm³/mol. The summed E-state index contributed by atoms with van der Waals surface area (Å²) in [6, 6.07) is 6.37. The van der Waals surface area contributed by atoms with Crippen LogP contribution < -0.4 is 10.2 Å². The molecule has 3 heteroatoms. The van der Waals surface area contributed by atoms with Crippen molar-refractivity contribution in [2.45, 2.75) is 52.4 Å². The molecule has 1 heterocycles. The number of para-hydroxylation sites is 1. The van der Waals surface area contributed by atoms with Crippen molar-refractivity contribution in [3.05, 3.63) is 29.3 Å². The van der Waals surface area contributed by atoms with Gasteiger partial charge in [0, 0.05) is 18.5 Å². The molecule has 0 atom stereocenters. The lowest BCUT2D eigenvalue weighted by Crippen LogP contribution is -3.11. The molecule has 0 aliphatic carbocycles. The van der Waals surface area contributed by atoms with Crippen LogP contribution in [0.5, 0.6) is 0 Å². The van der Waals surface area contributed by atoms with Crippen molar-refractivity contribution in [3.63, 3.8) is 0 Å². The van der Waals surface area contributed by atoms with Crippen molar-refractivity contribution in [2.75, 3.05) is 25.0 Å². The summed E-state index contributed by atoms with van der Waals surface area (Å²) in [6.45, 7) is 11.6. The first-order chi connectivity index (χ1) is 9.99. The van der Waals surface area contributed by atoms with Gasteiger partial charge in [0.15, 0.2) is 6.54 Å². The number of hydrogen-bond acceptors (Lipinski definition) is 1. The average molecular weight is 289 g/mol. The summed E-state index contributed by atoms with van der Waals surface area (Å²) in [7, 11) is 0. The molecule has 0 unspecified atom stereocenters. The molecule has 2 N–H and O–H groups in total. The van der Waals surface area contributed by atoms with Crippen LogP contribution >= 0.6 is 0 Å². The molecule has 116 valence electrons. The lowest BCUT2D eigenvalue weighted by atomic mass is 9.92. The SMILES string of the molecule is CC(C)c1cccc(C(C)C)c1NC(=O)C[NH+]1CCCC1. The van der Waals surface area contributed by atoms with Crippen LogP contribution in [-0.2, 0) is 4.79 Å². The van der Waals surface area contributed by atoms with E-state index >= 15 is 0 Å². The second kappa shape index (κ2) is 7.08. The highest BCUT2D eigenvalue weighted by Crippen LogP contribution is 2.32. The van der Waals surface area contributed by atoms with E-state index in [0.717, 1.165) is 18.8 Å². The summed E-state index contributed by atoms with van der Waals surface area (Å²) >= 11 is 0. The van der Waals surface area contributed by atoms with Gasteiger partial charge in [-0.2, -0.15) is 0 Å². The second-order valence-electron chi connectivity index (χ2n) is 6.80. The van der Waals surface area contributed by atoms with Gasteiger partial charge < -0.3 is 10.2 Å². The molecule has 0 spiro atoms. The quantitative estimate of drug-likeness (QED) is 0.858. The first-order valence-corrected chi connectivity index (χ1v) is 8.25. The number of quaternary nitrogens is 1. The molecule has 0 saturated carbocycles. The maximum Gasteiger partial charge on any atom is 0.279 e. The minimum absolute atomic E-state index is 0.155. The highest BCUT2D eigenvalue weighted by Gasteiger charge is 2.21. The maximum absolute atomic E-state index is 12.4. The van der Waals surface area contributed by atoms with Crippen LogP contribution in [0.1, 0.15) is 63.5 Å². The Morgan fingerprint density at radius 3 is 2.10 bits per heavy atom. The fourth-order valence-electron chi connectivity index (χ4n) is 3.16. The minimum Gasteiger partial charge on any atom is -0.327 e. The van der Waals surface area contributed by atoms with E-state index in [-0.39, 0.29) is 5.91 Å². The van der Waals surface area contributed by atoms with Crippen LogP contribution in [0.4, 0.5) is 5.69 Å². The molecule has 0 aromatic heterocycles. The van der Waals surface area contributed by atoms with Crippen molar-refractivity contribution in [1.82, 2.24) is 0 Å². The van der Waals surface area contributed by atoms with Gasteiger partial charge in [0.25, 0.3) is 5.91 Å². The summed E-state index contributed by atoms with van der Waals surface area (Å²) in [5.74, 6) is 0.984. The third-order valence-corrected chi connectivity index (χ3v) is 4.36. The number of rotatable bonds is 5. The monoisotopic (exact) mass is 289 g/mol. The molecule has 1 saturated heterocycles. The molecule has 1 amide bonds. The minimum atomic E-state index is 0.155. The number of carbonyl (C=O) groups excluding carboxylic acids is 1. The maximum atomic E-state index is 12.4. The van der Waals surface area contributed by atoms with Crippen LogP contribution in [-0.4, -0.2) is 25.5 Å². The third-order valence-electron chi connectivity index (χ3n) is 4.36. The smallest absolute Gasteiger partial charge is 0.279 e. The number of hydrogen-bond donors (Lipinski definition) is 2. The van der Waals surface area contributed by atoms with E-state index in [1.165, 1.54) is 28.9 Å². The molecule has 2 rings (SSSR count). The van der Waals surface area contributed by atoms with Gasteiger partial charge in [-0.15, -0.1) is 0 Å². The zero-order valence-electron chi connectivity index (χ0n) is 13.8. The number of nitrogens with one attached hydrogen (secondary N) is 2. The van der Waals surface area contributed by atoms with E-state index < -0.39 is 0 Å². The molecular formula is C18H29N2O+. The van der Waals surface area contributed by atoms with E-state index in [9.17, 15) is 4.79 Å². The molecule has 0 radical (unpaired) electrons. The van der Waals surface area contributed by atoms with Crippen LogP contribution in [0.3, 0.4) is 0 Å². The first-order valence-electron chi connectivity index (χ1n) is 8.25. The predicted octanol–water partition coefficient (Wildman–Crippen LogP) is 2.55. The first kappa shape index (κ1) is 16.0. The largest absolute Gasteiger partial charge is 0.327 e. The number of carbonyl (C=O) groups is 1. The van der Waals surface area contributed by atoms with Crippen molar-refractivity contribution in [2.24, 2.45) is 0 Å². The summed E-state index contributed by atoms with van der Waals surface area (Å²) in [5.41, 5.74) is 3.53. The summed E-state index contributed by atoms with van der Waals surface area (Å²) in [4.78, 5) is 13.8. The van der Waals surface area contributed by atoms with Gasteiger partial charge in [-0.05, 0) is 23.0 Å². The molecule has 1 aliphatic heterocycles. The third kappa shape index (κ3) is 4.07. The summed E-state index contributed by atoms with van der Waals surface area (Å²) < 4.78 is 0. The van der Waals surface area contributed by atoms with Gasteiger partial charge in [0.2, 0.25) is 0 Å². The summed E-state index contributed by atoms with van der Waals surface area (Å²) in [6.07, 6.45) is 2.50. The zero-order valence-corrected chi connectivity index (χ0v) is 13.8. The van der Waals surface area contributed by atoms with Gasteiger partial charge in [-0.1, -0.05) is 45.9 Å². The number of amides is 1. The molecule has 3 nitrogen and oxygen atoms in total. The number of anilines is 1. The molecule has 1 aromatic carbocycles. The number of likely N-dealkylation sites (tertiary alicyclic amines) is 1. The number of benzene rings is 1. The Hall–Kier alpha value is -1.35. The Bertz CT molecular complexity index is 462. The Labute approximate surface area is 128 Å². The average Bonchev–Trinajstić information content (AvgIpc) is 2.91. The van der Waals surface area contributed by atoms with Crippen LogP contribution in [0.25, 0.3) is 0 Å².